The third kappa shape index (κ3) is 4.33. The van der Waals surface area contributed by atoms with Crippen molar-refractivity contribution in [2.24, 2.45) is 0 Å². The summed E-state index contributed by atoms with van der Waals surface area (Å²) in [5.41, 5.74) is 2.30. The Hall–Kier alpha value is -1.92. The summed E-state index contributed by atoms with van der Waals surface area (Å²) in [6, 6.07) is 15.2. The van der Waals surface area contributed by atoms with E-state index in [4.69, 9.17) is 34.8 Å². The summed E-state index contributed by atoms with van der Waals surface area (Å²) < 4.78 is 1.50. The maximum Gasteiger partial charge on any atom is 0.290 e. The van der Waals surface area contributed by atoms with Crippen LogP contribution in [0.15, 0.2) is 53.3 Å². The van der Waals surface area contributed by atoms with Crippen LogP contribution in [0.2, 0.25) is 15.1 Å². The number of nitrogens with zero attached hydrogens (tertiary/aromatic N) is 3. The van der Waals surface area contributed by atoms with Crippen molar-refractivity contribution in [2.45, 2.75) is 6.42 Å². The molecular formula is C21H21Cl3N4O. The van der Waals surface area contributed by atoms with Gasteiger partial charge < -0.3 is 4.90 Å². The Morgan fingerprint density at radius 1 is 0.862 bits per heavy atom. The van der Waals surface area contributed by atoms with Gasteiger partial charge in [-0.3, -0.25) is 14.8 Å². The van der Waals surface area contributed by atoms with Gasteiger partial charge in [0.25, 0.3) is 5.56 Å². The molecule has 8 heteroatoms. The van der Waals surface area contributed by atoms with Gasteiger partial charge >= 0.3 is 0 Å². The third-order valence-electron chi connectivity index (χ3n) is 5.24. The summed E-state index contributed by atoms with van der Waals surface area (Å²) in [4.78, 5) is 17.1. The van der Waals surface area contributed by atoms with Crippen LogP contribution >= 0.6 is 34.8 Å². The lowest BCUT2D eigenvalue weighted by Gasteiger charge is -2.36. The molecule has 29 heavy (non-hydrogen) atoms. The van der Waals surface area contributed by atoms with E-state index in [0.29, 0.717) is 16.5 Å². The predicted molar refractivity (Wildman–Crippen MR) is 120 cm³/mol. The van der Waals surface area contributed by atoms with Gasteiger partial charge in [0.15, 0.2) is 0 Å². The van der Waals surface area contributed by atoms with Crippen LogP contribution in [0.4, 0.5) is 5.69 Å². The molecule has 3 aromatic rings. The van der Waals surface area contributed by atoms with E-state index in [0.717, 1.165) is 49.8 Å². The largest absolute Gasteiger partial charge is 0.368 e. The molecule has 1 aliphatic rings. The van der Waals surface area contributed by atoms with Crippen molar-refractivity contribution in [3.05, 3.63) is 79.6 Å². The molecule has 0 radical (unpaired) electrons. The van der Waals surface area contributed by atoms with E-state index in [1.165, 1.54) is 4.68 Å². The zero-order chi connectivity index (χ0) is 20.4. The van der Waals surface area contributed by atoms with Crippen molar-refractivity contribution in [1.29, 1.82) is 0 Å². The molecule has 2 heterocycles. The van der Waals surface area contributed by atoms with Crippen molar-refractivity contribution in [3.63, 3.8) is 0 Å². The maximum atomic E-state index is 12.5. The zero-order valence-corrected chi connectivity index (χ0v) is 18.0. The summed E-state index contributed by atoms with van der Waals surface area (Å²) in [5.74, 6) is 0. The zero-order valence-electron chi connectivity index (χ0n) is 15.7. The van der Waals surface area contributed by atoms with Gasteiger partial charge in [0.1, 0.15) is 5.02 Å². The molecule has 2 aromatic carbocycles. The molecule has 1 N–H and O–H groups in total. The molecule has 0 aliphatic carbocycles. The van der Waals surface area contributed by atoms with Gasteiger partial charge in [-0.25, -0.2) is 4.68 Å². The van der Waals surface area contributed by atoms with Crippen LogP contribution in [0.1, 0.15) is 5.69 Å². The fourth-order valence-corrected chi connectivity index (χ4v) is 4.24. The number of hydrogen-bond acceptors (Lipinski definition) is 3. The van der Waals surface area contributed by atoms with Gasteiger partial charge in [-0.15, -0.1) is 0 Å². The van der Waals surface area contributed by atoms with Gasteiger partial charge in [0.2, 0.25) is 0 Å². The van der Waals surface area contributed by atoms with Gasteiger partial charge in [-0.1, -0.05) is 59.1 Å². The molecule has 0 spiro atoms. The Balaban J connectivity index is 1.38. The molecule has 1 fully saturated rings. The standard InChI is InChI=1S/C21H21Cl3N4O/c22-16-7-4-8-18(19(16)23)27-13-11-26(12-14-27)10-9-17-20(24)21(29)28(25-17)15-5-2-1-3-6-15/h1-8,25H,9-14H2. The number of aromatic nitrogens is 2. The Morgan fingerprint density at radius 2 is 1.59 bits per heavy atom. The van der Waals surface area contributed by atoms with Gasteiger partial charge in [0, 0.05) is 39.1 Å². The lowest BCUT2D eigenvalue weighted by molar-refractivity contribution is 0.260. The molecule has 0 atom stereocenters. The van der Waals surface area contributed by atoms with Crippen LogP contribution in [-0.4, -0.2) is 47.4 Å². The number of rotatable bonds is 5. The second-order valence-corrected chi connectivity index (χ2v) is 8.20. The summed E-state index contributed by atoms with van der Waals surface area (Å²) >= 11 is 18.8. The molecule has 1 saturated heterocycles. The number of aromatic amines is 1. The molecule has 0 bridgehead atoms. The monoisotopic (exact) mass is 450 g/mol. The quantitative estimate of drug-likeness (QED) is 0.621. The van der Waals surface area contributed by atoms with Crippen LogP contribution in [0, 0.1) is 0 Å². The van der Waals surface area contributed by atoms with Crippen molar-refractivity contribution in [1.82, 2.24) is 14.7 Å². The van der Waals surface area contributed by atoms with Crippen molar-refractivity contribution >= 4 is 40.5 Å². The summed E-state index contributed by atoms with van der Waals surface area (Å²) in [6.45, 7) is 4.38. The number of para-hydroxylation sites is 1. The Kier molecular flexibility index (Phi) is 6.20. The van der Waals surface area contributed by atoms with Crippen molar-refractivity contribution in [2.75, 3.05) is 37.6 Å². The van der Waals surface area contributed by atoms with E-state index in [9.17, 15) is 4.79 Å². The van der Waals surface area contributed by atoms with E-state index >= 15 is 0 Å². The lowest BCUT2D eigenvalue weighted by atomic mass is 10.2. The molecule has 0 saturated carbocycles. The number of hydrogen-bond donors (Lipinski definition) is 1. The number of piperazine rings is 1. The Bertz CT molecular complexity index is 1040. The van der Waals surface area contributed by atoms with Gasteiger partial charge in [-0.05, 0) is 24.3 Å². The average molecular weight is 452 g/mol. The Morgan fingerprint density at radius 3 is 2.31 bits per heavy atom. The van der Waals surface area contributed by atoms with Crippen molar-refractivity contribution < 1.29 is 0 Å². The smallest absolute Gasteiger partial charge is 0.290 e. The van der Waals surface area contributed by atoms with Crippen LogP contribution < -0.4 is 10.5 Å². The molecule has 1 aromatic heterocycles. The normalized spacial score (nSPS) is 15.1. The first kappa shape index (κ1) is 20.4. The van der Waals surface area contributed by atoms with E-state index in [1.54, 1.807) is 6.07 Å². The lowest BCUT2D eigenvalue weighted by Crippen LogP contribution is -2.47. The molecule has 0 unspecified atom stereocenters. The number of nitrogens with one attached hydrogen (secondary N) is 1. The minimum Gasteiger partial charge on any atom is -0.368 e. The number of H-pyrrole nitrogens is 1. The molecule has 0 amide bonds. The molecule has 4 rings (SSSR count). The van der Waals surface area contributed by atoms with E-state index in [1.807, 2.05) is 42.5 Å². The highest BCUT2D eigenvalue weighted by molar-refractivity contribution is 6.43. The third-order valence-corrected chi connectivity index (χ3v) is 6.44. The van der Waals surface area contributed by atoms with E-state index < -0.39 is 0 Å². The number of halogens is 3. The van der Waals surface area contributed by atoms with Crippen molar-refractivity contribution in [3.8, 4) is 5.69 Å². The SMILES string of the molecule is O=c1c(Cl)c(CCN2CCN(c3cccc(Cl)c3Cl)CC2)[nH]n1-c1ccccc1. The maximum absolute atomic E-state index is 12.5. The second-order valence-electron chi connectivity index (χ2n) is 7.03. The van der Waals surface area contributed by atoms with Crippen LogP contribution in [-0.2, 0) is 6.42 Å². The highest BCUT2D eigenvalue weighted by Gasteiger charge is 2.21. The molecular weight excluding hydrogens is 431 g/mol. The number of anilines is 1. The molecule has 152 valence electrons. The summed E-state index contributed by atoms with van der Waals surface area (Å²) in [6.07, 6.45) is 0.686. The first-order valence-electron chi connectivity index (χ1n) is 9.50. The topological polar surface area (TPSA) is 44.3 Å². The van der Waals surface area contributed by atoms with Crippen LogP contribution in [0.25, 0.3) is 5.69 Å². The van der Waals surface area contributed by atoms with E-state index in [-0.39, 0.29) is 10.6 Å². The summed E-state index contributed by atoms with van der Waals surface area (Å²) in [7, 11) is 0. The van der Waals surface area contributed by atoms with Gasteiger partial charge in [0.05, 0.1) is 27.1 Å². The van der Waals surface area contributed by atoms with Gasteiger partial charge in [-0.2, -0.15) is 0 Å². The fourth-order valence-electron chi connectivity index (χ4n) is 3.61. The van der Waals surface area contributed by atoms with Crippen LogP contribution in [0.3, 0.4) is 0 Å². The number of benzene rings is 2. The first-order chi connectivity index (χ1) is 14.0. The predicted octanol–water partition coefficient (Wildman–Crippen LogP) is 4.49. The fraction of sp³-hybridized carbons (Fsp3) is 0.286. The molecule has 1 aliphatic heterocycles. The van der Waals surface area contributed by atoms with E-state index in [2.05, 4.69) is 14.9 Å². The Labute approximate surface area is 184 Å². The highest BCUT2D eigenvalue weighted by atomic mass is 35.5. The minimum atomic E-state index is -0.215. The highest BCUT2D eigenvalue weighted by Crippen LogP contribution is 2.32. The summed E-state index contributed by atoms with van der Waals surface area (Å²) in [5, 5.41) is 4.60. The van der Waals surface area contributed by atoms with Crippen LogP contribution in [0.5, 0.6) is 0 Å². The minimum absolute atomic E-state index is 0.215. The average Bonchev–Trinajstić information content (AvgIpc) is 3.04. The molecule has 5 nitrogen and oxygen atoms in total. The first-order valence-corrected chi connectivity index (χ1v) is 10.6. The second kappa shape index (κ2) is 8.84.